The van der Waals surface area contributed by atoms with E-state index in [1.807, 2.05) is 11.4 Å². The van der Waals surface area contributed by atoms with E-state index >= 15 is 0 Å². The number of anilines is 1. The highest BCUT2D eigenvalue weighted by Gasteiger charge is 2.11. The van der Waals surface area contributed by atoms with Crippen molar-refractivity contribution < 1.29 is 10.1 Å². The van der Waals surface area contributed by atoms with Crippen molar-refractivity contribution in [2.24, 2.45) is 0 Å². The van der Waals surface area contributed by atoms with Gasteiger partial charge in [-0.2, -0.15) is 0 Å². The van der Waals surface area contributed by atoms with Crippen LogP contribution < -0.4 is 10.6 Å². The molecule has 1 amide bonds. The summed E-state index contributed by atoms with van der Waals surface area (Å²) in [4.78, 5) is 12.0. The molecule has 0 saturated heterocycles. The van der Waals surface area contributed by atoms with Crippen molar-refractivity contribution in [2.75, 3.05) is 18.4 Å². The first-order chi connectivity index (χ1) is 11.2. The number of hydrogen-bond acceptors (Lipinski definition) is 1. The number of nitrogens with zero attached hydrogens (tertiary/aromatic N) is 1. The van der Waals surface area contributed by atoms with Gasteiger partial charge in [-0.25, -0.2) is 0 Å². The van der Waals surface area contributed by atoms with Crippen LogP contribution in [0.2, 0.25) is 0 Å². The summed E-state index contributed by atoms with van der Waals surface area (Å²) in [7, 11) is 0. The summed E-state index contributed by atoms with van der Waals surface area (Å²) < 4.78 is 2.31. The van der Waals surface area contributed by atoms with Gasteiger partial charge in [-0.05, 0) is 37.6 Å². The number of carbonyl (C=O) groups is 1. The van der Waals surface area contributed by atoms with E-state index in [9.17, 15) is 4.79 Å². The first-order valence-electron chi connectivity index (χ1n) is 8.37. The fraction of sp³-hybridized carbons (Fsp3) is 0.316. The molecule has 0 radical (unpaired) electrons. The molecule has 0 fully saturated rings. The molecule has 1 heterocycles. The molecule has 2 aromatic carbocycles. The third-order valence-electron chi connectivity index (χ3n) is 4.19. The molecule has 0 unspecified atom stereocenters. The molecule has 0 aliphatic heterocycles. The Morgan fingerprint density at radius 2 is 1.87 bits per heavy atom. The van der Waals surface area contributed by atoms with E-state index in [-0.39, 0.29) is 5.91 Å². The van der Waals surface area contributed by atoms with Gasteiger partial charge in [-0.3, -0.25) is 4.79 Å². The maximum Gasteiger partial charge on any atom is 0.279 e. The van der Waals surface area contributed by atoms with Gasteiger partial charge in [0.15, 0.2) is 6.54 Å². The molecule has 4 heteroatoms. The van der Waals surface area contributed by atoms with E-state index < -0.39 is 0 Å². The summed E-state index contributed by atoms with van der Waals surface area (Å²) in [6, 6.07) is 14.6. The van der Waals surface area contributed by atoms with E-state index in [1.165, 1.54) is 21.8 Å². The number of quaternary nitrogens is 1. The van der Waals surface area contributed by atoms with Gasteiger partial charge in [0.05, 0.1) is 6.54 Å². The second-order valence-corrected chi connectivity index (χ2v) is 5.82. The van der Waals surface area contributed by atoms with Crippen molar-refractivity contribution in [2.45, 2.75) is 26.8 Å². The second-order valence-electron chi connectivity index (χ2n) is 5.82. The highest BCUT2D eigenvalue weighted by Crippen LogP contribution is 2.30. The van der Waals surface area contributed by atoms with Gasteiger partial charge < -0.3 is 15.2 Å². The van der Waals surface area contributed by atoms with Crippen LogP contribution in [0.1, 0.15) is 20.3 Å². The Morgan fingerprint density at radius 1 is 1.09 bits per heavy atom. The number of nitrogens with two attached hydrogens (primary N) is 1. The Bertz CT molecular complexity index is 835. The Kier molecular flexibility index (Phi) is 4.63. The van der Waals surface area contributed by atoms with E-state index in [4.69, 9.17) is 0 Å². The molecule has 0 saturated carbocycles. The average Bonchev–Trinajstić information content (AvgIpc) is 2.88. The molecule has 3 aromatic rings. The molecule has 4 nitrogen and oxygen atoms in total. The van der Waals surface area contributed by atoms with Crippen molar-refractivity contribution >= 4 is 33.4 Å². The van der Waals surface area contributed by atoms with Crippen LogP contribution in [0.25, 0.3) is 21.8 Å². The van der Waals surface area contributed by atoms with Gasteiger partial charge in [0.25, 0.3) is 5.91 Å². The van der Waals surface area contributed by atoms with Gasteiger partial charge in [-0.15, -0.1) is 0 Å². The summed E-state index contributed by atoms with van der Waals surface area (Å²) in [6.45, 7) is 6.66. The molecule has 23 heavy (non-hydrogen) atoms. The summed E-state index contributed by atoms with van der Waals surface area (Å²) in [5.74, 6) is 0.0528. The lowest BCUT2D eigenvalue weighted by molar-refractivity contribution is -0.643. The van der Waals surface area contributed by atoms with Gasteiger partial charge in [0.2, 0.25) is 0 Å². The van der Waals surface area contributed by atoms with Crippen molar-refractivity contribution in [3.8, 4) is 0 Å². The third kappa shape index (κ3) is 3.08. The number of carbonyl (C=O) groups excluding carboxylic acids is 1. The zero-order chi connectivity index (χ0) is 16.2. The number of aromatic nitrogens is 1. The molecular weight excluding hydrogens is 286 g/mol. The van der Waals surface area contributed by atoms with Crippen molar-refractivity contribution in [1.82, 2.24) is 4.57 Å². The number of para-hydroxylation sites is 1. The number of aryl methyl sites for hydroxylation is 1. The predicted octanol–water partition coefficient (Wildman–Crippen LogP) is 2.73. The van der Waals surface area contributed by atoms with Crippen LogP contribution in [0.5, 0.6) is 0 Å². The van der Waals surface area contributed by atoms with Crippen LogP contribution in [0.15, 0.2) is 42.5 Å². The summed E-state index contributed by atoms with van der Waals surface area (Å²) in [5, 5.41) is 7.47. The Labute approximate surface area is 136 Å². The largest absolute Gasteiger partial charge is 0.341 e. The molecule has 1 aromatic heterocycles. The topological polar surface area (TPSA) is 50.6 Å². The molecule has 0 spiro atoms. The second kappa shape index (κ2) is 6.84. The minimum Gasteiger partial charge on any atom is -0.341 e. The molecule has 3 rings (SSSR count). The van der Waals surface area contributed by atoms with Crippen molar-refractivity contribution in [3.63, 3.8) is 0 Å². The molecule has 120 valence electrons. The van der Waals surface area contributed by atoms with Gasteiger partial charge in [-0.1, -0.05) is 25.1 Å². The van der Waals surface area contributed by atoms with Crippen LogP contribution in [-0.2, 0) is 11.3 Å². The quantitative estimate of drug-likeness (QED) is 0.676. The third-order valence-corrected chi connectivity index (χ3v) is 4.19. The van der Waals surface area contributed by atoms with E-state index in [0.29, 0.717) is 6.54 Å². The number of hydrogen-bond donors (Lipinski definition) is 2. The SMILES string of the molecule is CCC[NH2+]CC(=O)Nc1ccc2c(c1)c1ccccc1n2CC. The Hall–Kier alpha value is -2.33. The first-order valence-corrected chi connectivity index (χ1v) is 8.37. The number of amides is 1. The van der Waals surface area contributed by atoms with Crippen LogP contribution in [-0.4, -0.2) is 23.6 Å². The summed E-state index contributed by atoms with van der Waals surface area (Å²) in [6.07, 6.45) is 1.08. The summed E-state index contributed by atoms with van der Waals surface area (Å²) in [5.41, 5.74) is 3.32. The van der Waals surface area contributed by atoms with Crippen molar-refractivity contribution in [3.05, 3.63) is 42.5 Å². The average molecular weight is 310 g/mol. The van der Waals surface area contributed by atoms with Gasteiger partial charge in [0.1, 0.15) is 0 Å². The highest BCUT2D eigenvalue weighted by atomic mass is 16.1. The molecule has 3 N–H and O–H groups in total. The van der Waals surface area contributed by atoms with Crippen LogP contribution in [0.3, 0.4) is 0 Å². The molecule has 0 aliphatic rings. The standard InChI is InChI=1S/C19H23N3O/c1-3-11-20-13-19(23)21-14-9-10-18-16(12-14)15-7-5-6-8-17(15)22(18)4-2/h5-10,12,20H,3-4,11,13H2,1-2H3,(H,21,23)/p+1. The van der Waals surface area contributed by atoms with Crippen molar-refractivity contribution in [1.29, 1.82) is 0 Å². The Morgan fingerprint density at radius 3 is 2.65 bits per heavy atom. The highest BCUT2D eigenvalue weighted by molar-refractivity contribution is 6.09. The number of rotatable bonds is 6. The maximum absolute atomic E-state index is 12.0. The predicted molar refractivity (Wildman–Crippen MR) is 95.7 cm³/mol. The molecule has 0 bridgehead atoms. The molecule has 0 atom stereocenters. The Balaban J connectivity index is 1.93. The number of nitrogens with one attached hydrogen (secondary N) is 1. The fourth-order valence-electron chi connectivity index (χ4n) is 3.12. The number of fused-ring (bicyclic) bond motifs is 3. The van der Waals surface area contributed by atoms with E-state index in [2.05, 4.69) is 60.1 Å². The molecular formula is C19H24N3O+. The monoisotopic (exact) mass is 310 g/mol. The van der Waals surface area contributed by atoms with E-state index in [1.54, 1.807) is 0 Å². The molecule has 0 aliphatic carbocycles. The van der Waals surface area contributed by atoms with Crippen LogP contribution in [0, 0.1) is 0 Å². The lowest BCUT2D eigenvalue weighted by Crippen LogP contribution is -2.86. The lowest BCUT2D eigenvalue weighted by atomic mass is 10.1. The zero-order valence-electron chi connectivity index (χ0n) is 13.8. The lowest BCUT2D eigenvalue weighted by Gasteiger charge is -2.06. The minimum absolute atomic E-state index is 0.0528. The number of benzene rings is 2. The zero-order valence-corrected chi connectivity index (χ0v) is 13.8. The fourth-order valence-corrected chi connectivity index (χ4v) is 3.12. The van der Waals surface area contributed by atoms with Crippen LogP contribution >= 0.6 is 0 Å². The normalized spacial score (nSPS) is 11.2. The minimum atomic E-state index is 0.0528. The van der Waals surface area contributed by atoms with Crippen LogP contribution in [0.4, 0.5) is 5.69 Å². The maximum atomic E-state index is 12.0. The smallest absolute Gasteiger partial charge is 0.279 e. The first kappa shape index (κ1) is 15.6. The summed E-state index contributed by atoms with van der Waals surface area (Å²) >= 11 is 0. The van der Waals surface area contributed by atoms with E-state index in [0.717, 1.165) is 25.2 Å². The van der Waals surface area contributed by atoms with Gasteiger partial charge in [0, 0.05) is 34.0 Å². The van der Waals surface area contributed by atoms with Gasteiger partial charge >= 0.3 is 0 Å².